The molecule has 0 aliphatic carbocycles. The molecule has 0 aliphatic rings. The highest BCUT2D eigenvalue weighted by Gasteiger charge is 2.13. The molecule has 0 aliphatic heterocycles. The lowest BCUT2D eigenvalue weighted by molar-refractivity contribution is 0.581. The molecule has 0 saturated carbocycles. The molecule has 2 rings (SSSR count). The summed E-state index contributed by atoms with van der Waals surface area (Å²) in [4.78, 5) is 0.504. The number of sulfonamides is 1. The predicted octanol–water partition coefficient (Wildman–Crippen LogP) is 2.56. The minimum absolute atomic E-state index is 0.175. The van der Waals surface area contributed by atoms with Gasteiger partial charge in [-0.2, -0.15) is 0 Å². The van der Waals surface area contributed by atoms with Crippen molar-refractivity contribution < 1.29 is 8.42 Å². The highest BCUT2D eigenvalue weighted by molar-refractivity contribution is 9.10. The lowest BCUT2D eigenvalue weighted by Crippen LogP contribution is -2.23. The Labute approximate surface area is 137 Å². The number of hydrogen-bond acceptors (Lipinski definition) is 3. The van der Waals surface area contributed by atoms with E-state index in [-0.39, 0.29) is 16.4 Å². The Hall–Kier alpha value is -1.28. The van der Waals surface area contributed by atoms with Crippen LogP contribution in [-0.4, -0.2) is 13.4 Å². The second kappa shape index (κ2) is 6.65. The summed E-state index contributed by atoms with van der Waals surface area (Å²) < 4.78 is 27.7. The van der Waals surface area contributed by atoms with Crippen LogP contribution in [0.2, 0.25) is 0 Å². The molecular formula is C14H13BrN2O2S2. The molecule has 7 heteroatoms. The molecule has 0 amide bonds. The van der Waals surface area contributed by atoms with Crippen molar-refractivity contribution in [3.63, 3.8) is 0 Å². The van der Waals surface area contributed by atoms with Gasteiger partial charge < -0.3 is 5.73 Å². The highest BCUT2D eigenvalue weighted by Crippen LogP contribution is 2.15. The first kappa shape index (κ1) is 16.1. The molecule has 0 aromatic heterocycles. The Morgan fingerprint density at radius 2 is 1.86 bits per heavy atom. The summed E-state index contributed by atoms with van der Waals surface area (Å²) in [6.07, 6.45) is 0. The monoisotopic (exact) mass is 384 g/mol. The largest absolute Gasteiger partial charge is 0.389 e. The van der Waals surface area contributed by atoms with E-state index in [2.05, 4.69) is 20.7 Å². The Morgan fingerprint density at radius 1 is 1.19 bits per heavy atom. The molecule has 2 aromatic carbocycles. The molecule has 2 aromatic rings. The molecule has 110 valence electrons. The van der Waals surface area contributed by atoms with E-state index in [1.807, 2.05) is 6.07 Å². The maximum atomic E-state index is 12.2. The van der Waals surface area contributed by atoms with Crippen molar-refractivity contribution in [2.75, 3.05) is 0 Å². The van der Waals surface area contributed by atoms with E-state index in [9.17, 15) is 8.42 Å². The van der Waals surface area contributed by atoms with Gasteiger partial charge in [0.25, 0.3) is 0 Å². The SMILES string of the molecule is NC(=S)c1cccc(CNS(=O)(=O)c2ccc(Br)cc2)c1. The first-order valence-corrected chi connectivity index (χ1v) is 8.71. The molecule has 0 atom stereocenters. The Balaban J connectivity index is 2.13. The van der Waals surface area contributed by atoms with E-state index < -0.39 is 10.0 Å². The van der Waals surface area contributed by atoms with Gasteiger partial charge in [-0.05, 0) is 35.9 Å². The third-order valence-electron chi connectivity index (χ3n) is 2.80. The first-order chi connectivity index (χ1) is 9.88. The maximum absolute atomic E-state index is 12.2. The predicted molar refractivity (Wildman–Crippen MR) is 90.5 cm³/mol. The van der Waals surface area contributed by atoms with E-state index >= 15 is 0 Å². The number of nitrogens with one attached hydrogen (secondary N) is 1. The van der Waals surface area contributed by atoms with Crippen LogP contribution in [0, 0.1) is 0 Å². The smallest absolute Gasteiger partial charge is 0.240 e. The summed E-state index contributed by atoms with van der Waals surface area (Å²) in [7, 11) is -3.54. The number of benzene rings is 2. The number of thiocarbonyl (C=S) groups is 1. The fourth-order valence-corrected chi connectivity index (χ4v) is 3.12. The fourth-order valence-electron chi connectivity index (χ4n) is 1.71. The molecular weight excluding hydrogens is 372 g/mol. The third kappa shape index (κ3) is 4.34. The third-order valence-corrected chi connectivity index (χ3v) is 4.98. The van der Waals surface area contributed by atoms with Crippen molar-refractivity contribution in [2.24, 2.45) is 5.73 Å². The van der Waals surface area contributed by atoms with Crippen molar-refractivity contribution in [3.05, 3.63) is 64.1 Å². The first-order valence-electron chi connectivity index (χ1n) is 6.02. The summed E-state index contributed by atoms with van der Waals surface area (Å²) in [5.41, 5.74) is 7.06. The highest BCUT2D eigenvalue weighted by atomic mass is 79.9. The Kier molecular flexibility index (Phi) is 5.10. The summed E-state index contributed by atoms with van der Waals surface area (Å²) >= 11 is 8.17. The summed E-state index contributed by atoms with van der Waals surface area (Å²) in [6, 6.07) is 13.6. The van der Waals surface area contributed by atoms with Gasteiger partial charge in [0, 0.05) is 16.6 Å². The molecule has 0 bridgehead atoms. The quantitative estimate of drug-likeness (QED) is 0.776. The van der Waals surface area contributed by atoms with Crippen molar-refractivity contribution >= 4 is 43.2 Å². The van der Waals surface area contributed by atoms with Crippen LogP contribution in [-0.2, 0) is 16.6 Å². The van der Waals surface area contributed by atoms with Crippen molar-refractivity contribution in [3.8, 4) is 0 Å². The van der Waals surface area contributed by atoms with Gasteiger partial charge in [0.1, 0.15) is 4.99 Å². The van der Waals surface area contributed by atoms with E-state index in [0.717, 1.165) is 10.0 Å². The van der Waals surface area contributed by atoms with Gasteiger partial charge in [0.15, 0.2) is 0 Å². The molecule has 0 radical (unpaired) electrons. The van der Waals surface area contributed by atoms with Gasteiger partial charge in [-0.3, -0.25) is 0 Å². The minimum Gasteiger partial charge on any atom is -0.389 e. The second-order valence-electron chi connectivity index (χ2n) is 4.34. The number of rotatable bonds is 5. The number of nitrogens with two attached hydrogens (primary N) is 1. The minimum atomic E-state index is -3.54. The molecule has 0 heterocycles. The van der Waals surface area contributed by atoms with Crippen LogP contribution in [0.5, 0.6) is 0 Å². The number of halogens is 1. The van der Waals surface area contributed by atoms with Crippen molar-refractivity contribution in [2.45, 2.75) is 11.4 Å². The molecule has 0 saturated heterocycles. The normalized spacial score (nSPS) is 11.3. The molecule has 21 heavy (non-hydrogen) atoms. The number of hydrogen-bond donors (Lipinski definition) is 2. The Morgan fingerprint density at radius 3 is 2.48 bits per heavy atom. The summed E-state index contributed by atoms with van der Waals surface area (Å²) in [6.45, 7) is 0.175. The molecule has 0 spiro atoms. The van der Waals surface area contributed by atoms with Gasteiger partial charge in [0.05, 0.1) is 4.90 Å². The Bertz CT molecular complexity index is 759. The van der Waals surface area contributed by atoms with E-state index in [1.54, 1.807) is 30.3 Å². The van der Waals surface area contributed by atoms with Crippen molar-refractivity contribution in [1.29, 1.82) is 0 Å². The van der Waals surface area contributed by atoms with Crippen LogP contribution < -0.4 is 10.5 Å². The lowest BCUT2D eigenvalue weighted by atomic mass is 10.1. The van der Waals surface area contributed by atoms with Gasteiger partial charge in [-0.25, -0.2) is 13.1 Å². The van der Waals surface area contributed by atoms with Gasteiger partial charge in [-0.15, -0.1) is 0 Å². The van der Waals surface area contributed by atoms with Gasteiger partial charge in [0.2, 0.25) is 10.0 Å². The molecule has 3 N–H and O–H groups in total. The van der Waals surface area contributed by atoms with Crippen LogP contribution in [0.3, 0.4) is 0 Å². The lowest BCUT2D eigenvalue weighted by Gasteiger charge is -2.08. The maximum Gasteiger partial charge on any atom is 0.240 e. The fraction of sp³-hybridized carbons (Fsp3) is 0.0714. The van der Waals surface area contributed by atoms with E-state index in [0.29, 0.717) is 5.56 Å². The van der Waals surface area contributed by atoms with Gasteiger partial charge in [-0.1, -0.05) is 46.3 Å². The molecule has 4 nitrogen and oxygen atoms in total. The summed E-state index contributed by atoms with van der Waals surface area (Å²) in [5.74, 6) is 0. The average Bonchev–Trinajstić information content (AvgIpc) is 2.46. The van der Waals surface area contributed by atoms with Crippen LogP contribution in [0.1, 0.15) is 11.1 Å². The molecule has 0 fully saturated rings. The van der Waals surface area contributed by atoms with Crippen LogP contribution in [0.4, 0.5) is 0 Å². The van der Waals surface area contributed by atoms with Crippen molar-refractivity contribution in [1.82, 2.24) is 4.72 Å². The standard InChI is InChI=1S/C14H13BrN2O2S2/c15-12-4-6-13(7-5-12)21(18,19)17-9-10-2-1-3-11(8-10)14(16)20/h1-8,17H,9H2,(H2,16,20). The average molecular weight is 385 g/mol. The zero-order chi connectivity index (χ0) is 15.5. The van der Waals surface area contributed by atoms with E-state index in [1.165, 1.54) is 12.1 Å². The van der Waals surface area contributed by atoms with Gasteiger partial charge >= 0.3 is 0 Å². The topological polar surface area (TPSA) is 72.2 Å². The zero-order valence-electron chi connectivity index (χ0n) is 10.9. The molecule has 0 unspecified atom stereocenters. The van der Waals surface area contributed by atoms with E-state index in [4.69, 9.17) is 18.0 Å². The van der Waals surface area contributed by atoms with Crippen LogP contribution in [0.25, 0.3) is 0 Å². The zero-order valence-corrected chi connectivity index (χ0v) is 14.1. The summed E-state index contributed by atoms with van der Waals surface area (Å²) in [5, 5.41) is 0. The second-order valence-corrected chi connectivity index (χ2v) is 7.47. The van der Waals surface area contributed by atoms with Crippen LogP contribution in [0.15, 0.2) is 57.9 Å². The van der Waals surface area contributed by atoms with Crippen LogP contribution >= 0.6 is 28.1 Å².